The predicted molar refractivity (Wildman–Crippen MR) is 87.2 cm³/mol. The minimum atomic E-state index is -0.0750. The van der Waals surface area contributed by atoms with Crippen LogP contribution in [-0.2, 0) is 0 Å². The first kappa shape index (κ1) is 15.6. The Kier molecular flexibility index (Phi) is 4.67. The van der Waals surface area contributed by atoms with Crippen LogP contribution in [0.15, 0.2) is 42.6 Å². The molecule has 3 rings (SSSR count). The first-order valence-electron chi connectivity index (χ1n) is 7.46. The van der Waals surface area contributed by atoms with Crippen LogP contribution in [0.25, 0.3) is 0 Å². The first-order chi connectivity index (χ1) is 11.2. The average molecular weight is 333 g/mol. The van der Waals surface area contributed by atoms with Crippen molar-refractivity contribution in [3.05, 3.63) is 53.2 Å². The number of carbonyl (C=O) groups is 1. The Morgan fingerprint density at radius 3 is 2.70 bits per heavy atom. The number of benzene rings is 1. The summed E-state index contributed by atoms with van der Waals surface area (Å²) in [5.74, 6) is 1.16. The zero-order valence-electron chi connectivity index (χ0n) is 12.7. The van der Waals surface area contributed by atoms with E-state index in [4.69, 9.17) is 21.1 Å². The standard InChI is InChI=1S/C17H17ClN2O3/c1-2-22-13-7-5-12(6-8-13)17(21)20-10-14(11-20)23-16-15(18)4-3-9-19-16/h3-9,14H,2,10-11H2,1H3. The third kappa shape index (κ3) is 3.56. The van der Waals surface area contributed by atoms with Crippen LogP contribution >= 0.6 is 11.6 Å². The molecule has 1 aromatic carbocycles. The summed E-state index contributed by atoms with van der Waals surface area (Å²) in [5.41, 5.74) is 0.641. The summed E-state index contributed by atoms with van der Waals surface area (Å²) < 4.78 is 11.1. The molecule has 5 nitrogen and oxygen atoms in total. The number of amides is 1. The van der Waals surface area contributed by atoms with Crippen molar-refractivity contribution in [3.8, 4) is 11.6 Å². The monoisotopic (exact) mass is 332 g/mol. The lowest BCUT2D eigenvalue weighted by Gasteiger charge is -2.38. The van der Waals surface area contributed by atoms with E-state index < -0.39 is 0 Å². The van der Waals surface area contributed by atoms with Gasteiger partial charge in [0.2, 0.25) is 5.88 Å². The van der Waals surface area contributed by atoms with Crippen LogP contribution in [0.2, 0.25) is 5.02 Å². The Morgan fingerprint density at radius 2 is 2.04 bits per heavy atom. The molecule has 0 spiro atoms. The van der Waals surface area contributed by atoms with Crippen molar-refractivity contribution in [2.45, 2.75) is 13.0 Å². The quantitative estimate of drug-likeness (QED) is 0.844. The Labute approximate surface area is 139 Å². The van der Waals surface area contributed by atoms with Crippen LogP contribution in [0.4, 0.5) is 0 Å². The number of likely N-dealkylation sites (tertiary alicyclic amines) is 1. The maximum absolute atomic E-state index is 12.3. The van der Waals surface area contributed by atoms with Gasteiger partial charge in [0.05, 0.1) is 19.7 Å². The average Bonchev–Trinajstić information content (AvgIpc) is 2.52. The van der Waals surface area contributed by atoms with Crippen LogP contribution in [0.3, 0.4) is 0 Å². The highest BCUT2D eigenvalue weighted by molar-refractivity contribution is 6.31. The Bertz CT molecular complexity index is 684. The second kappa shape index (κ2) is 6.87. The normalized spacial score (nSPS) is 14.3. The molecule has 0 atom stereocenters. The van der Waals surface area contributed by atoms with Gasteiger partial charge in [0.25, 0.3) is 5.91 Å². The molecule has 2 heterocycles. The van der Waals surface area contributed by atoms with Gasteiger partial charge in [0, 0.05) is 11.8 Å². The van der Waals surface area contributed by atoms with Gasteiger partial charge in [-0.3, -0.25) is 4.79 Å². The molecule has 0 saturated carbocycles. The van der Waals surface area contributed by atoms with E-state index in [-0.39, 0.29) is 12.0 Å². The molecule has 23 heavy (non-hydrogen) atoms. The van der Waals surface area contributed by atoms with E-state index in [2.05, 4.69) is 4.98 Å². The molecule has 1 fully saturated rings. The second-order valence-corrected chi connectivity index (χ2v) is 5.60. The van der Waals surface area contributed by atoms with Gasteiger partial charge in [0.1, 0.15) is 16.9 Å². The fourth-order valence-electron chi connectivity index (χ4n) is 2.34. The van der Waals surface area contributed by atoms with Crippen molar-refractivity contribution >= 4 is 17.5 Å². The van der Waals surface area contributed by atoms with E-state index in [1.165, 1.54) is 0 Å². The number of aromatic nitrogens is 1. The van der Waals surface area contributed by atoms with Crippen molar-refractivity contribution in [3.63, 3.8) is 0 Å². The highest BCUT2D eigenvalue weighted by atomic mass is 35.5. The molecule has 0 bridgehead atoms. The highest BCUT2D eigenvalue weighted by Crippen LogP contribution is 2.25. The van der Waals surface area contributed by atoms with Gasteiger partial charge in [-0.2, -0.15) is 0 Å². The minimum absolute atomic E-state index is 0.0139. The molecular formula is C17H17ClN2O3. The lowest BCUT2D eigenvalue weighted by atomic mass is 10.1. The van der Waals surface area contributed by atoms with Gasteiger partial charge in [0.15, 0.2) is 0 Å². The van der Waals surface area contributed by atoms with E-state index >= 15 is 0 Å². The third-order valence-electron chi connectivity index (χ3n) is 3.55. The van der Waals surface area contributed by atoms with Gasteiger partial charge in [-0.1, -0.05) is 11.6 Å². The number of rotatable bonds is 5. The summed E-state index contributed by atoms with van der Waals surface area (Å²) in [6.07, 6.45) is 1.55. The number of pyridine rings is 1. The molecule has 0 N–H and O–H groups in total. The summed E-state index contributed by atoms with van der Waals surface area (Å²) in [7, 11) is 0. The van der Waals surface area contributed by atoms with Crippen molar-refractivity contribution in [1.82, 2.24) is 9.88 Å². The summed E-state index contributed by atoms with van der Waals surface area (Å²) in [5, 5.41) is 0.476. The zero-order valence-corrected chi connectivity index (χ0v) is 13.5. The smallest absolute Gasteiger partial charge is 0.254 e. The van der Waals surface area contributed by atoms with Crippen molar-refractivity contribution in [1.29, 1.82) is 0 Å². The van der Waals surface area contributed by atoms with E-state index in [0.717, 1.165) is 5.75 Å². The van der Waals surface area contributed by atoms with E-state index in [1.807, 2.05) is 6.92 Å². The molecule has 0 unspecified atom stereocenters. The number of carbonyl (C=O) groups excluding carboxylic acids is 1. The number of nitrogens with zero attached hydrogens (tertiary/aromatic N) is 2. The van der Waals surface area contributed by atoms with Crippen molar-refractivity contribution < 1.29 is 14.3 Å². The highest BCUT2D eigenvalue weighted by Gasteiger charge is 2.33. The van der Waals surface area contributed by atoms with Crippen molar-refractivity contribution in [2.75, 3.05) is 19.7 Å². The van der Waals surface area contributed by atoms with Gasteiger partial charge in [-0.15, -0.1) is 0 Å². The van der Waals surface area contributed by atoms with Crippen LogP contribution < -0.4 is 9.47 Å². The maximum Gasteiger partial charge on any atom is 0.254 e. The Balaban J connectivity index is 1.54. The summed E-state index contributed by atoms with van der Waals surface area (Å²) in [6, 6.07) is 10.6. The predicted octanol–water partition coefficient (Wildman–Crippen LogP) is 3.04. The largest absolute Gasteiger partial charge is 0.494 e. The molecule has 1 amide bonds. The molecule has 1 aliphatic rings. The van der Waals surface area contributed by atoms with Gasteiger partial charge < -0.3 is 14.4 Å². The zero-order chi connectivity index (χ0) is 16.2. The Hall–Kier alpha value is -2.27. The molecule has 1 aliphatic heterocycles. The Morgan fingerprint density at radius 1 is 1.30 bits per heavy atom. The second-order valence-electron chi connectivity index (χ2n) is 5.20. The molecule has 120 valence electrons. The number of ether oxygens (including phenoxy) is 2. The molecular weight excluding hydrogens is 316 g/mol. The lowest BCUT2D eigenvalue weighted by Crippen LogP contribution is -2.56. The number of halogens is 1. The van der Waals surface area contributed by atoms with Crippen molar-refractivity contribution in [2.24, 2.45) is 0 Å². The third-order valence-corrected chi connectivity index (χ3v) is 3.84. The fraction of sp³-hybridized carbons (Fsp3) is 0.294. The summed E-state index contributed by atoms with van der Waals surface area (Å²) in [6.45, 7) is 3.58. The molecule has 2 aromatic rings. The van der Waals surface area contributed by atoms with E-state index in [1.54, 1.807) is 47.5 Å². The molecule has 0 radical (unpaired) electrons. The maximum atomic E-state index is 12.3. The molecule has 1 aromatic heterocycles. The van der Waals surface area contributed by atoms with Crippen LogP contribution in [-0.4, -0.2) is 41.6 Å². The van der Waals surface area contributed by atoms with Gasteiger partial charge in [-0.05, 0) is 43.3 Å². The molecule has 0 aliphatic carbocycles. The molecule has 6 heteroatoms. The lowest BCUT2D eigenvalue weighted by molar-refractivity contribution is 0.0160. The summed E-state index contributed by atoms with van der Waals surface area (Å²) >= 11 is 6.00. The van der Waals surface area contributed by atoms with Crippen LogP contribution in [0.1, 0.15) is 17.3 Å². The SMILES string of the molecule is CCOc1ccc(C(=O)N2CC(Oc3ncccc3Cl)C2)cc1. The van der Waals surface area contributed by atoms with Crippen LogP contribution in [0, 0.1) is 0 Å². The number of hydrogen-bond donors (Lipinski definition) is 0. The summed E-state index contributed by atoms with van der Waals surface area (Å²) in [4.78, 5) is 18.2. The fourth-order valence-corrected chi connectivity index (χ4v) is 2.50. The van der Waals surface area contributed by atoms with E-state index in [0.29, 0.717) is 36.2 Å². The molecule has 1 saturated heterocycles. The topological polar surface area (TPSA) is 51.7 Å². The van der Waals surface area contributed by atoms with Gasteiger partial charge in [-0.25, -0.2) is 4.98 Å². The first-order valence-corrected chi connectivity index (χ1v) is 7.84. The minimum Gasteiger partial charge on any atom is -0.494 e. The van der Waals surface area contributed by atoms with Crippen LogP contribution in [0.5, 0.6) is 11.6 Å². The van der Waals surface area contributed by atoms with E-state index in [9.17, 15) is 4.79 Å². The van der Waals surface area contributed by atoms with Gasteiger partial charge >= 0.3 is 0 Å². The number of hydrogen-bond acceptors (Lipinski definition) is 4.